The third-order valence-corrected chi connectivity index (χ3v) is 8.77. The van der Waals surface area contributed by atoms with Crippen LogP contribution in [-0.2, 0) is 21.9 Å². The lowest BCUT2D eigenvalue weighted by molar-refractivity contribution is 0.342. The van der Waals surface area contributed by atoms with Crippen molar-refractivity contribution in [3.63, 3.8) is 0 Å². The number of nitrogens with two attached hydrogens (primary N) is 1. The second-order valence-electron chi connectivity index (χ2n) is 9.50. The molecule has 0 radical (unpaired) electrons. The van der Waals surface area contributed by atoms with Gasteiger partial charge in [-0.1, -0.05) is 30.3 Å². The maximum Gasteiger partial charge on any atom is 0.180 e. The zero-order valence-corrected chi connectivity index (χ0v) is 19.5. The minimum atomic E-state index is -3.29. The van der Waals surface area contributed by atoms with Crippen molar-refractivity contribution in [3.05, 3.63) is 59.2 Å². The Morgan fingerprint density at radius 1 is 1.22 bits per heavy atom. The Balaban J connectivity index is 1.52. The van der Waals surface area contributed by atoms with Crippen molar-refractivity contribution in [1.29, 1.82) is 0 Å². The fraction of sp³-hybridized carbons (Fsp3) is 0.480. The molecule has 2 heterocycles. The number of hydrogen-bond donors (Lipinski definition) is 2. The van der Waals surface area contributed by atoms with E-state index in [-0.39, 0.29) is 11.3 Å². The minimum Gasteiger partial charge on any atom is -0.355 e. The lowest BCUT2D eigenvalue weighted by atomic mass is 9.83. The summed E-state index contributed by atoms with van der Waals surface area (Å²) in [6.07, 6.45) is 4.18. The molecule has 1 unspecified atom stereocenters. The van der Waals surface area contributed by atoms with Gasteiger partial charge in [-0.2, -0.15) is 0 Å². The zero-order chi connectivity index (χ0) is 22.3. The Hall–Kier alpha value is -2.22. The van der Waals surface area contributed by atoms with Gasteiger partial charge < -0.3 is 16.0 Å². The molecule has 32 heavy (non-hydrogen) atoms. The first-order chi connectivity index (χ1) is 15.4. The number of amidine groups is 1. The summed E-state index contributed by atoms with van der Waals surface area (Å²) in [6.45, 7) is 4.74. The van der Waals surface area contributed by atoms with Crippen LogP contribution in [-0.4, -0.2) is 44.5 Å². The van der Waals surface area contributed by atoms with E-state index in [1.54, 1.807) is 12.1 Å². The summed E-state index contributed by atoms with van der Waals surface area (Å²) in [7, 11) is -3.29. The Bertz CT molecular complexity index is 1160. The van der Waals surface area contributed by atoms with Crippen molar-refractivity contribution >= 4 is 21.4 Å². The van der Waals surface area contributed by atoms with Crippen molar-refractivity contribution in [2.45, 2.75) is 55.5 Å². The lowest BCUT2D eigenvalue weighted by Gasteiger charge is -2.39. The molecule has 170 valence electrons. The Morgan fingerprint density at radius 3 is 2.81 bits per heavy atom. The van der Waals surface area contributed by atoms with Crippen LogP contribution in [0.3, 0.4) is 0 Å². The van der Waals surface area contributed by atoms with E-state index >= 15 is 0 Å². The monoisotopic (exact) mass is 452 g/mol. The largest absolute Gasteiger partial charge is 0.355 e. The van der Waals surface area contributed by atoms with E-state index in [1.165, 1.54) is 24.0 Å². The van der Waals surface area contributed by atoms with Crippen molar-refractivity contribution in [2.75, 3.05) is 25.4 Å². The molecule has 1 fully saturated rings. The molecule has 0 bridgehead atoms. The summed E-state index contributed by atoms with van der Waals surface area (Å²) >= 11 is 0. The van der Waals surface area contributed by atoms with Gasteiger partial charge in [0.25, 0.3) is 0 Å². The smallest absolute Gasteiger partial charge is 0.180 e. The molecule has 0 aromatic heterocycles. The number of hydrogen-bond acceptors (Lipinski definition) is 6. The average Bonchev–Trinajstić information content (AvgIpc) is 3.62. The predicted molar refractivity (Wildman–Crippen MR) is 128 cm³/mol. The number of nitrogens with zero attached hydrogens (tertiary/aromatic N) is 2. The number of fused-ring (bicyclic) bond motifs is 2. The molecule has 1 aliphatic carbocycles. The minimum absolute atomic E-state index is 0.105. The van der Waals surface area contributed by atoms with Gasteiger partial charge in [-0.25, -0.2) is 13.4 Å². The molecule has 3 aliphatic rings. The van der Waals surface area contributed by atoms with Gasteiger partial charge in [0.05, 0.1) is 16.3 Å². The molecule has 7 heteroatoms. The Kier molecular flexibility index (Phi) is 5.60. The van der Waals surface area contributed by atoms with Crippen molar-refractivity contribution < 1.29 is 8.42 Å². The van der Waals surface area contributed by atoms with E-state index in [1.807, 2.05) is 12.1 Å². The molecule has 2 aliphatic heterocycles. The van der Waals surface area contributed by atoms with Gasteiger partial charge in [0.1, 0.15) is 5.84 Å². The van der Waals surface area contributed by atoms with Gasteiger partial charge in [0.2, 0.25) is 0 Å². The van der Waals surface area contributed by atoms with Gasteiger partial charge >= 0.3 is 0 Å². The van der Waals surface area contributed by atoms with Crippen LogP contribution in [0.5, 0.6) is 0 Å². The quantitative estimate of drug-likeness (QED) is 0.679. The van der Waals surface area contributed by atoms with Crippen LogP contribution in [0.25, 0.3) is 0 Å². The van der Waals surface area contributed by atoms with Crippen LogP contribution in [0.15, 0.2) is 52.4 Å². The topological polar surface area (TPSA) is 87.8 Å². The van der Waals surface area contributed by atoms with Crippen molar-refractivity contribution in [3.8, 4) is 0 Å². The average molecular weight is 453 g/mol. The van der Waals surface area contributed by atoms with E-state index in [4.69, 9.17) is 10.7 Å². The summed E-state index contributed by atoms with van der Waals surface area (Å²) in [5, 5.41) is 3.76. The van der Waals surface area contributed by atoms with Crippen LogP contribution in [0, 0.1) is 0 Å². The van der Waals surface area contributed by atoms with Crippen molar-refractivity contribution in [1.82, 2.24) is 10.2 Å². The van der Waals surface area contributed by atoms with Gasteiger partial charge in [0, 0.05) is 25.0 Å². The molecule has 1 saturated carbocycles. The SMILES string of the molecule is CC1(NCCCN)CC(N2CCS(=O)(=O)c3ccccc3C2)=Nc2ccc(C3CC3)cc21. The molecule has 0 spiro atoms. The summed E-state index contributed by atoms with van der Waals surface area (Å²) in [6, 6.07) is 14.1. The van der Waals surface area contributed by atoms with E-state index in [9.17, 15) is 8.42 Å². The molecule has 2 aromatic carbocycles. The summed E-state index contributed by atoms with van der Waals surface area (Å²) in [4.78, 5) is 7.67. The molecule has 1 atom stereocenters. The number of aliphatic imine (C=N–C) groups is 1. The number of nitrogens with one attached hydrogen (secondary N) is 1. The standard InChI is InChI=1S/C25H32N4O2S/c1-25(27-12-4-11-26)16-24(28-22-10-9-19(15-21(22)25)18-7-8-18)29-13-14-32(30,31)23-6-3-2-5-20(23)17-29/h2-3,5-6,9-10,15,18,27H,4,7-8,11-14,16-17,26H2,1H3. The first kappa shape index (κ1) is 21.6. The van der Waals surface area contributed by atoms with Crippen LogP contribution < -0.4 is 11.1 Å². The second kappa shape index (κ2) is 8.28. The highest BCUT2D eigenvalue weighted by Gasteiger charge is 2.38. The highest BCUT2D eigenvalue weighted by molar-refractivity contribution is 7.91. The Morgan fingerprint density at radius 2 is 2.03 bits per heavy atom. The van der Waals surface area contributed by atoms with Crippen LogP contribution in [0.2, 0.25) is 0 Å². The third-order valence-electron chi connectivity index (χ3n) is 6.98. The lowest BCUT2D eigenvalue weighted by Crippen LogP contribution is -2.47. The molecular weight excluding hydrogens is 420 g/mol. The summed E-state index contributed by atoms with van der Waals surface area (Å²) < 4.78 is 25.7. The zero-order valence-electron chi connectivity index (χ0n) is 18.7. The summed E-state index contributed by atoms with van der Waals surface area (Å²) in [5.74, 6) is 1.74. The summed E-state index contributed by atoms with van der Waals surface area (Å²) in [5.41, 5.74) is 9.97. The fourth-order valence-corrected chi connectivity index (χ4v) is 6.44. The van der Waals surface area contributed by atoms with Crippen molar-refractivity contribution in [2.24, 2.45) is 10.7 Å². The van der Waals surface area contributed by atoms with E-state index in [0.717, 1.165) is 36.5 Å². The molecular formula is C25H32N4O2S. The molecule has 2 aromatic rings. The second-order valence-corrected chi connectivity index (χ2v) is 11.6. The Labute approximate surface area is 190 Å². The molecule has 6 nitrogen and oxygen atoms in total. The van der Waals surface area contributed by atoms with E-state index in [0.29, 0.717) is 30.4 Å². The van der Waals surface area contributed by atoms with Gasteiger partial charge in [-0.15, -0.1) is 0 Å². The molecule has 5 rings (SSSR count). The van der Waals surface area contributed by atoms with Gasteiger partial charge in [-0.3, -0.25) is 0 Å². The fourth-order valence-electron chi connectivity index (χ4n) is 4.94. The highest BCUT2D eigenvalue weighted by atomic mass is 32.2. The molecule has 0 saturated heterocycles. The van der Waals surface area contributed by atoms with E-state index < -0.39 is 9.84 Å². The van der Waals surface area contributed by atoms with Gasteiger partial charge in [-0.05, 0) is 74.0 Å². The number of rotatable bonds is 5. The van der Waals surface area contributed by atoms with Crippen LogP contribution in [0.4, 0.5) is 5.69 Å². The predicted octanol–water partition coefficient (Wildman–Crippen LogP) is 3.44. The molecule has 3 N–H and O–H groups in total. The van der Waals surface area contributed by atoms with Crippen LogP contribution >= 0.6 is 0 Å². The first-order valence-electron chi connectivity index (χ1n) is 11.6. The van der Waals surface area contributed by atoms with Gasteiger partial charge in [0.15, 0.2) is 9.84 Å². The highest BCUT2D eigenvalue weighted by Crippen LogP contribution is 2.45. The first-order valence-corrected chi connectivity index (χ1v) is 13.3. The maximum atomic E-state index is 12.8. The normalized spacial score (nSPS) is 24.3. The third kappa shape index (κ3) is 4.09. The maximum absolute atomic E-state index is 12.8. The number of sulfone groups is 1. The molecule has 0 amide bonds. The van der Waals surface area contributed by atoms with Crippen LogP contribution in [0.1, 0.15) is 55.2 Å². The van der Waals surface area contributed by atoms with E-state index in [2.05, 4.69) is 35.3 Å². The number of benzene rings is 2.